The number of pyridine rings is 1. The lowest BCUT2D eigenvalue weighted by molar-refractivity contribution is -0.119. The molecule has 9 heteroatoms. The zero-order valence-electron chi connectivity index (χ0n) is 17.2. The normalized spacial score (nSPS) is 14.1. The Bertz CT molecular complexity index is 825. The number of hydrogen-bond acceptors (Lipinski definition) is 5. The maximum atomic E-state index is 10.9. The van der Waals surface area contributed by atoms with E-state index < -0.39 is 5.91 Å². The lowest BCUT2D eigenvalue weighted by Gasteiger charge is -2.37. The number of carbonyl (C=O) groups is 1. The molecule has 162 valence electrons. The number of rotatable bonds is 7. The highest BCUT2D eigenvalue weighted by Crippen LogP contribution is 2.15. The van der Waals surface area contributed by atoms with Gasteiger partial charge in [0.25, 0.3) is 5.91 Å². The van der Waals surface area contributed by atoms with E-state index in [1.54, 1.807) is 6.07 Å². The minimum Gasteiger partial charge on any atom is -0.484 e. The second kappa shape index (κ2) is 12.2. The Morgan fingerprint density at radius 2 is 2.00 bits per heavy atom. The van der Waals surface area contributed by atoms with E-state index in [1.165, 1.54) is 0 Å². The van der Waals surface area contributed by atoms with E-state index in [1.807, 2.05) is 42.6 Å². The van der Waals surface area contributed by atoms with Crippen LogP contribution < -0.4 is 20.7 Å². The molecule has 0 saturated carbocycles. The van der Waals surface area contributed by atoms with E-state index in [4.69, 9.17) is 15.5 Å². The number of anilines is 1. The molecule has 1 saturated heterocycles. The predicted octanol–water partition coefficient (Wildman–Crippen LogP) is 1.85. The number of aromatic nitrogens is 1. The Labute approximate surface area is 194 Å². The summed E-state index contributed by atoms with van der Waals surface area (Å²) < 4.78 is 5.37. The lowest BCUT2D eigenvalue weighted by Crippen LogP contribution is -2.52. The van der Waals surface area contributed by atoms with E-state index in [-0.39, 0.29) is 30.6 Å². The number of nitrogens with zero attached hydrogens (tertiary/aromatic N) is 4. The van der Waals surface area contributed by atoms with Crippen molar-refractivity contribution in [2.24, 2.45) is 10.7 Å². The number of hydrogen-bond donors (Lipinski definition) is 2. The first-order chi connectivity index (χ1) is 14.2. The van der Waals surface area contributed by atoms with Gasteiger partial charge < -0.3 is 25.6 Å². The molecule has 2 heterocycles. The largest absolute Gasteiger partial charge is 0.484 e. The first-order valence-corrected chi connectivity index (χ1v) is 9.85. The number of aliphatic imine (C=N–C) groups is 1. The molecule has 0 spiro atoms. The highest BCUT2D eigenvalue weighted by Gasteiger charge is 2.20. The van der Waals surface area contributed by atoms with Crippen molar-refractivity contribution in [3.63, 3.8) is 0 Å². The molecule has 3 N–H and O–H groups in total. The number of piperazine rings is 1. The van der Waals surface area contributed by atoms with E-state index in [9.17, 15) is 4.79 Å². The number of nitrogens with two attached hydrogens (primary N) is 1. The van der Waals surface area contributed by atoms with Crippen LogP contribution in [0.5, 0.6) is 5.75 Å². The summed E-state index contributed by atoms with van der Waals surface area (Å²) in [6, 6.07) is 13.6. The Morgan fingerprint density at radius 1 is 1.20 bits per heavy atom. The van der Waals surface area contributed by atoms with Gasteiger partial charge in [-0.05, 0) is 36.8 Å². The fourth-order valence-electron chi connectivity index (χ4n) is 3.17. The van der Waals surface area contributed by atoms with Crippen LogP contribution >= 0.6 is 24.0 Å². The average molecular weight is 524 g/mol. The fourth-order valence-corrected chi connectivity index (χ4v) is 3.17. The second-order valence-electron chi connectivity index (χ2n) is 6.73. The van der Waals surface area contributed by atoms with Crippen molar-refractivity contribution in [1.82, 2.24) is 15.2 Å². The standard InChI is InChI=1S/C21H28N6O2.HI/c1-2-23-21(25-15-17-6-5-7-18(14-17)29-16-19(22)28)27-12-10-26(11-13-27)20-8-3-4-9-24-20;/h3-9,14H,2,10-13,15-16H2,1H3,(H2,22,28)(H,23,25);1H. The minimum atomic E-state index is -0.493. The molecule has 2 aromatic rings. The Kier molecular flexibility index (Phi) is 9.65. The summed E-state index contributed by atoms with van der Waals surface area (Å²) in [4.78, 5) is 24.7. The smallest absolute Gasteiger partial charge is 0.255 e. The number of benzene rings is 1. The van der Waals surface area contributed by atoms with E-state index >= 15 is 0 Å². The third kappa shape index (κ3) is 7.05. The fraction of sp³-hybridized carbons (Fsp3) is 0.381. The van der Waals surface area contributed by atoms with Gasteiger partial charge in [0.15, 0.2) is 12.6 Å². The molecule has 0 aliphatic carbocycles. The molecule has 1 aliphatic heterocycles. The van der Waals surface area contributed by atoms with Crippen LogP contribution in [0.4, 0.5) is 5.82 Å². The molecule has 0 atom stereocenters. The minimum absolute atomic E-state index is 0. The lowest BCUT2D eigenvalue weighted by atomic mass is 10.2. The average Bonchev–Trinajstić information content (AvgIpc) is 2.76. The monoisotopic (exact) mass is 524 g/mol. The molecule has 0 unspecified atom stereocenters. The van der Waals surface area contributed by atoms with Gasteiger partial charge in [-0.15, -0.1) is 24.0 Å². The van der Waals surface area contributed by atoms with E-state index in [2.05, 4.69) is 27.0 Å². The summed E-state index contributed by atoms with van der Waals surface area (Å²) in [5, 5.41) is 3.38. The third-order valence-corrected chi connectivity index (χ3v) is 4.58. The summed E-state index contributed by atoms with van der Waals surface area (Å²) in [7, 11) is 0. The van der Waals surface area contributed by atoms with Crippen LogP contribution in [0.2, 0.25) is 0 Å². The Hall–Kier alpha value is -2.56. The maximum absolute atomic E-state index is 10.9. The van der Waals surface area contributed by atoms with Crippen LogP contribution in [-0.4, -0.2) is 61.1 Å². The van der Waals surface area contributed by atoms with Gasteiger partial charge in [-0.1, -0.05) is 18.2 Å². The van der Waals surface area contributed by atoms with Crippen molar-refractivity contribution in [2.75, 3.05) is 44.2 Å². The van der Waals surface area contributed by atoms with Crippen molar-refractivity contribution < 1.29 is 9.53 Å². The number of primary amides is 1. The van der Waals surface area contributed by atoms with Crippen LogP contribution in [0, 0.1) is 0 Å². The number of carbonyl (C=O) groups excluding carboxylic acids is 1. The summed E-state index contributed by atoms with van der Waals surface area (Å²) >= 11 is 0. The first kappa shape index (κ1) is 23.7. The zero-order chi connectivity index (χ0) is 20.5. The number of halogens is 1. The predicted molar refractivity (Wildman–Crippen MR) is 129 cm³/mol. The van der Waals surface area contributed by atoms with Gasteiger partial charge in [0.1, 0.15) is 11.6 Å². The highest BCUT2D eigenvalue weighted by molar-refractivity contribution is 14.0. The SMILES string of the molecule is CCNC(=NCc1cccc(OCC(N)=O)c1)N1CCN(c2ccccn2)CC1.I. The topological polar surface area (TPSA) is 96.1 Å². The molecule has 0 bridgehead atoms. The second-order valence-corrected chi connectivity index (χ2v) is 6.73. The molecular weight excluding hydrogens is 495 g/mol. The molecule has 1 amide bonds. The molecule has 1 aliphatic rings. The number of ether oxygens (including phenoxy) is 1. The Morgan fingerprint density at radius 3 is 2.67 bits per heavy atom. The maximum Gasteiger partial charge on any atom is 0.255 e. The molecule has 3 rings (SSSR count). The van der Waals surface area contributed by atoms with Crippen LogP contribution in [0.15, 0.2) is 53.7 Å². The summed E-state index contributed by atoms with van der Waals surface area (Å²) in [6.07, 6.45) is 1.83. The van der Waals surface area contributed by atoms with Gasteiger partial charge in [-0.2, -0.15) is 0 Å². The van der Waals surface area contributed by atoms with E-state index in [0.717, 1.165) is 50.1 Å². The van der Waals surface area contributed by atoms with Crippen molar-refractivity contribution in [3.8, 4) is 5.75 Å². The van der Waals surface area contributed by atoms with Gasteiger partial charge >= 0.3 is 0 Å². The number of amides is 1. The van der Waals surface area contributed by atoms with Crippen LogP contribution in [0.1, 0.15) is 12.5 Å². The van der Waals surface area contributed by atoms with Gasteiger partial charge in [0.2, 0.25) is 0 Å². The summed E-state index contributed by atoms with van der Waals surface area (Å²) in [5.41, 5.74) is 6.14. The number of nitrogens with one attached hydrogen (secondary N) is 1. The van der Waals surface area contributed by atoms with Gasteiger partial charge in [-0.25, -0.2) is 9.98 Å². The van der Waals surface area contributed by atoms with Crippen LogP contribution in [-0.2, 0) is 11.3 Å². The van der Waals surface area contributed by atoms with Crippen molar-refractivity contribution >= 4 is 41.7 Å². The molecule has 1 aromatic heterocycles. The quantitative estimate of drug-likeness (QED) is 0.326. The Balaban J connectivity index is 0.00000320. The zero-order valence-corrected chi connectivity index (χ0v) is 19.5. The van der Waals surface area contributed by atoms with Gasteiger partial charge in [-0.3, -0.25) is 4.79 Å². The van der Waals surface area contributed by atoms with Crippen molar-refractivity contribution in [3.05, 3.63) is 54.2 Å². The van der Waals surface area contributed by atoms with Crippen LogP contribution in [0.3, 0.4) is 0 Å². The molecule has 1 fully saturated rings. The molecular formula is C21H29IN6O2. The molecule has 1 aromatic carbocycles. The summed E-state index contributed by atoms with van der Waals surface area (Å²) in [6.45, 7) is 6.83. The first-order valence-electron chi connectivity index (χ1n) is 9.85. The molecule has 0 radical (unpaired) electrons. The number of guanidine groups is 1. The van der Waals surface area contributed by atoms with E-state index in [0.29, 0.717) is 12.3 Å². The third-order valence-electron chi connectivity index (χ3n) is 4.58. The van der Waals surface area contributed by atoms with Gasteiger partial charge in [0, 0.05) is 38.9 Å². The summed E-state index contributed by atoms with van der Waals surface area (Å²) in [5.74, 6) is 2.04. The van der Waals surface area contributed by atoms with Crippen molar-refractivity contribution in [1.29, 1.82) is 0 Å². The molecule has 8 nitrogen and oxygen atoms in total. The van der Waals surface area contributed by atoms with Gasteiger partial charge in [0.05, 0.1) is 6.54 Å². The highest BCUT2D eigenvalue weighted by atomic mass is 127. The van der Waals surface area contributed by atoms with Crippen LogP contribution in [0.25, 0.3) is 0 Å². The molecule has 30 heavy (non-hydrogen) atoms. The van der Waals surface area contributed by atoms with Crippen molar-refractivity contribution in [2.45, 2.75) is 13.5 Å².